The number of amidine groups is 1. The predicted octanol–water partition coefficient (Wildman–Crippen LogP) is 0.0781. The lowest BCUT2D eigenvalue weighted by atomic mass is 10.1. The van der Waals surface area contributed by atoms with Crippen LogP contribution in [0.1, 0.15) is 12.8 Å². The van der Waals surface area contributed by atoms with E-state index in [0.29, 0.717) is 12.8 Å². The first kappa shape index (κ1) is 16.0. The zero-order valence-corrected chi connectivity index (χ0v) is 10.8. The summed E-state index contributed by atoms with van der Waals surface area (Å²) >= 11 is 0. The molecule has 0 radical (unpaired) electrons. The van der Waals surface area contributed by atoms with Crippen LogP contribution in [0.3, 0.4) is 0 Å². The molecule has 4 N–H and O–H groups in total. The van der Waals surface area contributed by atoms with Crippen molar-refractivity contribution in [3.8, 4) is 0 Å². The smallest absolute Gasteiger partial charge is 0.400 e. The quantitative estimate of drug-likeness (QED) is 0.289. The van der Waals surface area contributed by atoms with E-state index >= 15 is 0 Å². The standard InChI is InChI=1S/C9H16F3N3O3S/c10-9(11,12)7(8(13)15-16)5-14-4-6-2-1-3-19(6,17)18/h6-7,14,16H,1-5H2,(H2,13,15). The first-order chi connectivity index (χ1) is 8.68. The van der Waals surface area contributed by atoms with Crippen LogP contribution in [0.4, 0.5) is 13.2 Å². The lowest BCUT2D eigenvalue weighted by Crippen LogP contribution is -2.44. The number of nitrogens with zero attached hydrogens (tertiary/aromatic N) is 1. The lowest BCUT2D eigenvalue weighted by molar-refractivity contribution is -0.154. The molecule has 10 heteroatoms. The van der Waals surface area contributed by atoms with E-state index in [0.717, 1.165) is 0 Å². The molecule has 2 atom stereocenters. The molecule has 1 rings (SSSR count). The Morgan fingerprint density at radius 1 is 1.53 bits per heavy atom. The van der Waals surface area contributed by atoms with Gasteiger partial charge >= 0.3 is 6.18 Å². The van der Waals surface area contributed by atoms with Crippen molar-refractivity contribution in [2.75, 3.05) is 18.8 Å². The van der Waals surface area contributed by atoms with E-state index in [1.165, 1.54) is 0 Å². The molecule has 1 aliphatic heterocycles. The van der Waals surface area contributed by atoms with Crippen molar-refractivity contribution in [3.63, 3.8) is 0 Å². The summed E-state index contributed by atoms with van der Waals surface area (Å²) in [5, 5.41) is 12.4. The van der Waals surface area contributed by atoms with E-state index in [4.69, 9.17) is 10.9 Å². The molecule has 0 amide bonds. The van der Waals surface area contributed by atoms with Gasteiger partial charge < -0.3 is 16.3 Å². The van der Waals surface area contributed by atoms with Gasteiger partial charge in [-0.25, -0.2) is 8.42 Å². The van der Waals surface area contributed by atoms with E-state index in [2.05, 4.69) is 10.5 Å². The van der Waals surface area contributed by atoms with Crippen LogP contribution < -0.4 is 11.1 Å². The topological polar surface area (TPSA) is 105 Å². The number of alkyl halides is 3. The molecule has 2 unspecified atom stereocenters. The molecule has 0 aromatic heterocycles. The van der Waals surface area contributed by atoms with Crippen LogP contribution in [-0.4, -0.2) is 49.7 Å². The molecule has 0 aromatic rings. The number of oxime groups is 1. The van der Waals surface area contributed by atoms with Crippen molar-refractivity contribution in [1.29, 1.82) is 0 Å². The molecule has 112 valence electrons. The second-order valence-corrected chi connectivity index (χ2v) is 6.81. The number of hydrogen-bond donors (Lipinski definition) is 3. The van der Waals surface area contributed by atoms with Gasteiger partial charge in [-0.15, -0.1) is 0 Å². The molecule has 6 nitrogen and oxygen atoms in total. The van der Waals surface area contributed by atoms with Crippen molar-refractivity contribution >= 4 is 15.7 Å². The summed E-state index contributed by atoms with van der Waals surface area (Å²) in [4.78, 5) is 0. The predicted molar refractivity (Wildman–Crippen MR) is 62.6 cm³/mol. The number of hydrogen-bond acceptors (Lipinski definition) is 5. The fraction of sp³-hybridized carbons (Fsp3) is 0.889. The van der Waals surface area contributed by atoms with Gasteiger partial charge in [-0.1, -0.05) is 5.16 Å². The van der Waals surface area contributed by atoms with Gasteiger partial charge in [-0.05, 0) is 12.8 Å². The molecule has 19 heavy (non-hydrogen) atoms. The van der Waals surface area contributed by atoms with Crippen LogP contribution in [-0.2, 0) is 9.84 Å². The van der Waals surface area contributed by atoms with Gasteiger partial charge in [0.1, 0.15) is 5.92 Å². The Balaban J connectivity index is 2.54. The summed E-state index contributed by atoms with van der Waals surface area (Å²) < 4.78 is 60.7. The number of rotatable bonds is 5. The van der Waals surface area contributed by atoms with Crippen molar-refractivity contribution in [1.82, 2.24) is 5.32 Å². The Morgan fingerprint density at radius 3 is 2.58 bits per heavy atom. The van der Waals surface area contributed by atoms with Crippen LogP contribution >= 0.6 is 0 Å². The third-order valence-electron chi connectivity index (χ3n) is 3.05. The molecular formula is C9H16F3N3O3S. The molecule has 1 heterocycles. The molecule has 0 aromatic carbocycles. The van der Waals surface area contributed by atoms with Gasteiger partial charge in [0.25, 0.3) is 0 Å². The molecule has 0 aliphatic carbocycles. The van der Waals surface area contributed by atoms with Gasteiger partial charge in [0.05, 0.1) is 11.0 Å². The normalized spacial score (nSPS) is 25.4. The average Bonchev–Trinajstić information content (AvgIpc) is 2.61. The Morgan fingerprint density at radius 2 is 2.16 bits per heavy atom. The summed E-state index contributed by atoms with van der Waals surface area (Å²) in [7, 11) is -3.20. The third-order valence-corrected chi connectivity index (χ3v) is 5.33. The maximum absolute atomic E-state index is 12.6. The van der Waals surface area contributed by atoms with Crippen LogP contribution in [0.2, 0.25) is 0 Å². The minimum Gasteiger partial charge on any atom is -0.409 e. The van der Waals surface area contributed by atoms with Crippen LogP contribution in [0, 0.1) is 5.92 Å². The van der Waals surface area contributed by atoms with Gasteiger partial charge in [0.2, 0.25) is 0 Å². The summed E-state index contributed by atoms with van der Waals surface area (Å²) in [6.45, 7) is -0.682. The van der Waals surface area contributed by atoms with E-state index in [1.54, 1.807) is 0 Å². The summed E-state index contributed by atoms with van der Waals surface area (Å²) in [5.74, 6) is -3.02. The molecule has 0 bridgehead atoms. The minimum atomic E-state index is -4.65. The van der Waals surface area contributed by atoms with Gasteiger partial charge in [0.15, 0.2) is 15.7 Å². The van der Waals surface area contributed by atoms with Gasteiger partial charge in [-0.3, -0.25) is 0 Å². The second kappa shape index (κ2) is 5.95. The fourth-order valence-electron chi connectivity index (χ4n) is 1.93. The van der Waals surface area contributed by atoms with Crippen LogP contribution in [0.15, 0.2) is 5.16 Å². The fourth-order valence-corrected chi connectivity index (χ4v) is 3.73. The maximum atomic E-state index is 12.6. The Bertz CT molecular complexity index is 436. The van der Waals surface area contributed by atoms with Crippen molar-refractivity contribution in [3.05, 3.63) is 0 Å². The summed E-state index contributed by atoms with van der Waals surface area (Å²) in [6, 6.07) is 0. The summed E-state index contributed by atoms with van der Waals surface area (Å²) in [6.07, 6.45) is -3.69. The lowest BCUT2D eigenvalue weighted by Gasteiger charge is -2.20. The zero-order chi connectivity index (χ0) is 14.7. The van der Waals surface area contributed by atoms with Crippen molar-refractivity contribution < 1.29 is 26.8 Å². The van der Waals surface area contributed by atoms with Gasteiger partial charge in [-0.2, -0.15) is 13.2 Å². The Hall–Kier alpha value is -1.03. The first-order valence-electron chi connectivity index (χ1n) is 5.65. The van der Waals surface area contributed by atoms with Crippen molar-refractivity contribution in [2.45, 2.75) is 24.3 Å². The maximum Gasteiger partial charge on any atom is 0.400 e. The van der Waals surface area contributed by atoms with E-state index in [-0.39, 0.29) is 12.3 Å². The molecule has 1 fully saturated rings. The second-order valence-electron chi connectivity index (χ2n) is 4.41. The highest BCUT2D eigenvalue weighted by atomic mass is 32.2. The average molecular weight is 303 g/mol. The molecule has 1 saturated heterocycles. The number of sulfone groups is 1. The summed E-state index contributed by atoms with van der Waals surface area (Å²) in [5.41, 5.74) is 4.97. The van der Waals surface area contributed by atoms with E-state index in [9.17, 15) is 21.6 Å². The SMILES string of the molecule is NC(=NO)C(CNCC1CCCS1(=O)=O)C(F)(F)F. The molecule has 0 saturated carbocycles. The monoisotopic (exact) mass is 303 g/mol. The molecular weight excluding hydrogens is 287 g/mol. The van der Waals surface area contributed by atoms with Crippen LogP contribution in [0.5, 0.6) is 0 Å². The highest BCUT2D eigenvalue weighted by molar-refractivity contribution is 7.92. The highest BCUT2D eigenvalue weighted by Gasteiger charge is 2.42. The number of nitrogens with one attached hydrogen (secondary N) is 1. The van der Waals surface area contributed by atoms with E-state index in [1.807, 2.05) is 0 Å². The van der Waals surface area contributed by atoms with Gasteiger partial charge in [0, 0.05) is 13.1 Å². The third kappa shape index (κ3) is 4.23. The molecule has 1 aliphatic rings. The highest BCUT2D eigenvalue weighted by Crippen LogP contribution is 2.26. The van der Waals surface area contributed by atoms with E-state index < -0.39 is 39.6 Å². The Labute approximate surface area is 108 Å². The Kier molecular flexibility index (Phi) is 5.02. The molecule has 0 spiro atoms. The number of halogens is 3. The number of nitrogens with two attached hydrogens (primary N) is 1. The largest absolute Gasteiger partial charge is 0.409 e. The van der Waals surface area contributed by atoms with Crippen molar-refractivity contribution in [2.24, 2.45) is 16.8 Å². The zero-order valence-electron chi connectivity index (χ0n) is 10.0. The minimum absolute atomic E-state index is 0.0619. The first-order valence-corrected chi connectivity index (χ1v) is 7.36. The van der Waals surface area contributed by atoms with Crippen LogP contribution in [0.25, 0.3) is 0 Å².